The highest BCUT2D eigenvalue weighted by Crippen LogP contribution is 2.42. The molecule has 1 aliphatic carbocycles. The molecular formula is C17H18N6OS2. The van der Waals surface area contributed by atoms with E-state index in [0.717, 1.165) is 16.4 Å². The number of carbonyl (C=O) groups excluding carboxylic acids is 1. The number of benzene rings is 1. The SMILES string of the molecule is Cc1ccc(-c2nnc(SCC(=O)Nc3nnc(C4CC4)s3)n2C)cc1. The van der Waals surface area contributed by atoms with Gasteiger partial charge in [-0.15, -0.1) is 20.4 Å². The second-order valence-electron chi connectivity index (χ2n) is 6.29. The van der Waals surface area contributed by atoms with Gasteiger partial charge in [-0.3, -0.25) is 10.1 Å². The first-order valence-corrected chi connectivity index (χ1v) is 10.1. The van der Waals surface area contributed by atoms with Crippen LogP contribution in [0.25, 0.3) is 11.4 Å². The number of aromatic nitrogens is 5. The van der Waals surface area contributed by atoms with Crippen molar-refractivity contribution in [3.63, 3.8) is 0 Å². The summed E-state index contributed by atoms with van der Waals surface area (Å²) in [7, 11) is 1.90. The number of hydrogen-bond donors (Lipinski definition) is 1. The molecule has 26 heavy (non-hydrogen) atoms. The average Bonchev–Trinajstić information content (AvgIpc) is 3.27. The molecule has 1 aliphatic rings. The van der Waals surface area contributed by atoms with E-state index in [1.165, 1.54) is 41.5 Å². The van der Waals surface area contributed by atoms with Crippen molar-refractivity contribution in [3.8, 4) is 11.4 Å². The number of aryl methyl sites for hydroxylation is 1. The predicted molar refractivity (Wildman–Crippen MR) is 102 cm³/mol. The van der Waals surface area contributed by atoms with E-state index >= 15 is 0 Å². The van der Waals surface area contributed by atoms with Crippen molar-refractivity contribution >= 4 is 34.1 Å². The van der Waals surface area contributed by atoms with E-state index in [1.54, 1.807) is 0 Å². The Kier molecular flexibility index (Phi) is 4.73. The van der Waals surface area contributed by atoms with Crippen molar-refractivity contribution in [2.75, 3.05) is 11.1 Å². The maximum atomic E-state index is 12.2. The van der Waals surface area contributed by atoms with E-state index < -0.39 is 0 Å². The molecule has 0 spiro atoms. The summed E-state index contributed by atoms with van der Waals surface area (Å²) >= 11 is 2.81. The number of hydrogen-bond acceptors (Lipinski definition) is 7. The molecule has 0 bridgehead atoms. The molecule has 0 saturated heterocycles. The van der Waals surface area contributed by atoms with Crippen molar-refractivity contribution in [3.05, 3.63) is 34.8 Å². The third-order valence-electron chi connectivity index (χ3n) is 4.09. The fraction of sp³-hybridized carbons (Fsp3) is 0.353. The highest BCUT2D eigenvalue weighted by molar-refractivity contribution is 7.99. The molecule has 0 atom stereocenters. The predicted octanol–water partition coefficient (Wildman–Crippen LogP) is 3.25. The molecule has 2 heterocycles. The number of amides is 1. The van der Waals surface area contributed by atoms with Gasteiger partial charge in [0.1, 0.15) is 5.01 Å². The Morgan fingerprint density at radius 2 is 2.00 bits per heavy atom. The van der Waals surface area contributed by atoms with Crippen molar-refractivity contribution < 1.29 is 4.79 Å². The molecule has 0 unspecified atom stereocenters. The van der Waals surface area contributed by atoms with Crippen LogP contribution in [0.4, 0.5) is 5.13 Å². The maximum absolute atomic E-state index is 12.2. The summed E-state index contributed by atoms with van der Waals surface area (Å²) in [5, 5.41) is 21.7. The molecule has 0 radical (unpaired) electrons. The van der Waals surface area contributed by atoms with Crippen LogP contribution in [-0.4, -0.2) is 36.6 Å². The average molecular weight is 387 g/mol. The first-order valence-electron chi connectivity index (χ1n) is 8.32. The standard InChI is InChI=1S/C17H18N6OS2/c1-10-3-5-11(6-4-10)14-19-22-17(23(14)2)25-9-13(24)18-16-21-20-15(26-16)12-7-8-12/h3-6,12H,7-9H2,1-2H3,(H,18,21,24). The topological polar surface area (TPSA) is 85.6 Å². The molecule has 1 amide bonds. The highest BCUT2D eigenvalue weighted by Gasteiger charge is 2.27. The van der Waals surface area contributed by atoms with Gasteiger partial charge < -0.3 is 4.57 Å². The highest BCUT2D eigenvalue weighted by atomic mass is 32.2. The normalized spacial score (nSPS) is 13.8. The molecule has 1 N–H and O–H groups in total. The zero-order valence-electron chi connectivity index (χ0n) is 14.5. The molecule has 0 aliphatic heterocycles. The van der Waals surface area contributed by atoms with Crippen LogP contribution in [0.15, 0.2) is 29.4 Å². The van der Waals surface area contributed by atoms with E-state index in [9.17, 15) is 4.79 Å². The van der Waals surface area contributed by atoms with Gasteiger partial charge in [0.25, 0.3) is 0 Å². The quantitative estimate of drug-likeness (QED) is 0.655. The van der Waals surface area contributed by atoms with Gasteiger partial charge in [0.2, 0.25) is 11.0 Å². The van der Waals surface area contributed by atoms with Crippen LogP contribution in [0.1, 0.15) is 29.3 Å². The zero-order chi connectivity index (χ0) is 18.1. The third-order valence-corrected chi connectivity index (χ3v) is 6.11. The third kappa shape index (κ3) is 3.78. The number of anilines is 1. The molecule has 134 valence electrons. The Labute approximate surface area is 159 Å². The second-order valence-corrected chi connectivity index (χ2v) is 8.24. The van der Waals surface area contributed by atoms with Gasteiger partial charge in [-0.05, 0) is 19.8 Å². The number of nitrogens with zero attached hydrogens (tertiary/aromatic N) is 5. The Hall–Kier alpha value is -2.26. The minimum atomic E-state index is -0.117. The second kappa shape index (κ2) is 7.16. The van der Waals surface area contributed by atoms with Crippen LogP contribution in [-0.2, 0) is 11.8 Å². The minimum Gasteiger partial charge on any atom is -0.305 e. The van der Waals surface area contributed by atoms with Crippen LogP contribution in [0.2, 0.25) is 0 Å². The van der Waals surface area contributed by atoms with E-state index in [1.807, 2.05) is 42.8 Å². The molecule has 7 nitrogen and oxygen atoms in total. The van der Waals surface area contributed by atoms with Gasteiger partial charge in [0, 0.05) is 18.5 Å². The maximum Gasteiger partial charge on any atom is 0.236 e. The van der Waals surface area contributed by atoms with Gasteiger partial charge >= 0.3 is 0 Å². The number of nitrogens with one attached hydrogen (secondary N) is 1. The summed E-state index contributed by atoms with van der Waals surface area (Å²) in [4.78, 5) is 12.2. The molecule has 4 rings (SSSR count). The molecular weight excluding hydrogens is 368 g/mol. The van der Waals surface area contributed by atoms with Gasteiger partial charge in [-0.2, -0.15) is 0 Å². The molecule has 3 aromatic rings. The van der Waals surface area contributed by atoms with E-state index in [2.05, 4.69) is 25.7 Å². The van der Waals surface area contributed by atoms with Gasteiger partial charge in [-0.1, -0.05) is 52.9 Å². The zero-order valence-corrected chi connectivity index (χ0v) is 16.1. The van der Waals surface area contributed by atoms with Crippen LogP contribution >= 0.6 is 23.1 Å². The van der Waals surface area contributed by atoms with Crippen molar-refractivity contribution in [1.82, 2.24) is 25.0 Å². The molecule has 9 heteroatoms. The van der Waals surface area contributed by atoms with Crippen LogP contribution in [0, 0.1) is 6.92 Å². The largest absolute Gasteiger partial charge is 0.305 e. The Balaban J connectivity index is 1.36. The molecule has 1 saturated carbocycles. The summed E-state index contributed by atoms with van der Waals surface area (Å²) in [5.74, 6) is 1.46. The van der Waals surface area contributed by atoms with E-state index in [-0.39, 0.29) is 11.7 Å². The van der Waals surface area contributed by atoms with Crippen molar-refractivity contribution in [1.29, 1.82) is 0 Å². The minimum absolute atomic E-state index is 0.117. The van der Waals surface area contributed by atoms with Gasteiger partial charge in [0.05, 0.1) is 5.75 Å². The first kappa shape index (κ1) is 17.2. The Morgan fingerprint density at radius 1 is 1.23 bits per heavy atom. The van der Waals surface area contributed by atoms with Crippen LogP contribution in [0.3, 0.4) is 0 Å². The van der Waals surface area contributed by atoms with E-state index in [4.69, 9.17) is 0 Å². The lowest BCUT2D eigenvalue weighted by Gasteiger charge is -2.04. The summed E-state index contributed by atoms with van der Waals surface area (Å²) in [6, 6.07) is 8.13. The van der Waals surface area contributed by atoms with Crippen LogP contribution < -0.4 is 5.32 Å². The number of thioether (sulfide) groups is 1. The summed E-state index contributed by atoms with van der Waals surface area (Å²) < 4.78 is 1.90. The lowest BCUT2D eigenvalue weighted by molar-refractivity contribution is -0.113. The van der Waals surface area contributed by atoms with Crippen LogP contribution in [0.5, 0.6) is 0 Å². The van der Waals surface area contributed by atoms with Crippen molar-refractivity contribution in [2.45, 2.75) is 30.8 Å². The number of carbonyl (C=O) groups is 1. The Morgan fingerprint density at radius 3 is 2.73 bits per heavy atom. The lowest BCUT2D eigenvalue weighted by atomic mass is 10.1. The molecule has 1 aromatic carbocycles. The summed E-state index contributed by atoms with van der Waals surface area (Å²) in [6.07, 6.45) is 2.35. The number of rotatable bonds is 6. The first-order chi connectivity index (χ1) is 12.6. The fourth-order valence-corrected chi connectivity index (χ4v) is 4.10. The molecule has 1 fully saturated rings. The van der Waals surface area contributed by atoms with Gasteiger partial charge in [0.15, 0.2) is 11.0 Å². The van der Waals surface area contributed by atoms with E-state index in [0.29, 0.717) is 16.2 Å². The smallest absolute Gasteiger partial charge is 0.236 e. The fourth-order valence-electron chi connectivity index (χ4n) is 2.46. The molecule has 2 aromatic heterocycles. The monoisotopic (exact) mass is 386 g/mol. The summed E-state index contributed by atoms with van der Waals surface area (Å²) in [6.45, 7) is 2.05. The summed E-state index contributed by atoms with van der Waals surface area (Å²) in [5.41, 5.74) is 2.20. The lowest BCUT2D eigenvalue weighted by Crippen LogP contribution is -2.14. The Bertz CT molecular complexity index is 929. The van der Waals surface area contributed by atoms with Crippen molar-refractivity contribution in [2.24, 2.45) is 7.05 Å². The van der Waals surface area contributed by atoms with Gasteiger partial charge in [-0.25, -0.2) is 0 Å².